The van der Waals surface area contributed by atoms with E-state index in [0.29, 0.717) is 25.4 Å². The van der Waals surface area contributed by atoms with Crippen molar-refractivity contribution in [3.63, 3.8) is 0 Å². The zero-order valence-electron chi connectivity index (χ0n) is 17.5. The van der Waals surface area contributed by atoms with Crippen LogP contribution in [0.3, 0.4) is 0 Å². The number of methoxy groups -OCH3 is 1. The predicted molar refractivity (Wildman–Crippen MR) is 117 cm³/mol. The molecule has 0 aliphatic rings. The molecule has 0 atom stereocenters. The Morgan fingerprint density at radius 2 is 1.72 bits per heavy atom. The van der Waals surface area contributed by atoms with Gasteiger partial charge in [0.1, 0.15) is 5.75 Å². The van der Waals surface area contributed by atoms with Gasteiger partial charge in [-0.25, -0.2) is 0 Å². The molecule has 4 nitrogen and oxygen atoms in total. The Morgan fingerprint density at radius 1 is 0.966 bits per heavy atom. The fourth-order valence-corrected chi connectivity index (χ4v) is 3.42. The molecule has 0 unspecified atom stereocenters. The third-order valence-corrected chi connectivity index (χ3v) is 4.92. The minimum atomic E-state index is 0.193. The van der Waals surface area contributed by atoms with Crippen LogP contribution in [0, 0.1) is 5.92 Å². The number of carbonyl (C=O) groups excluding carboxylic acids is 1. The third-order valence-electron chi connectivity index (χ3n) is 4.92. The standard InChI is InChI=1S/C25H30N2O2/c1-20(2)15-25(28)27(17-21-9-5-4-6-10-21)19-23-12-8-14-26(23)18-22-11-7-13-24(16-22)29-3/h4-14,16,20H,15,17-19H2,1-3H3. The molecule has 0 aliphatic carbocycles. The lowest BCUT2D eigenvalue weighted by Gasteiger charge is -2.25. The fourth-order valence-electron chi connectivity index (χ4n) is 3.42. The molecule has 0 aliphatic heterocycles. The number of rotatable bonds is 9. The van der Waals surface area contributed by atoms with Crippen LogP contribution in [0.4, 0.5) is 0 Å². The summed E-state index contributed by atoms with van der Waals surface area (Å²) in [5.74, 6) is 1.39. The van der Waals surface area contributed by atoms with Crippen LogP contribution in [-0.2, 0) is 24.4 Å². The van der Waals surface area contributed by atoms with Crippen molar-refractivity contribution in [1.29, 1.82) is 0 Å². The quantitative estimate of drug-likeness (QED) is 0.508. The van der Waals surface area contributed by atoms with E-state index < -0.39 is 0 Å². The molecule has 0 bridgehead atoms. The Labute approximate surface area is 173 Å². The molecule has 0 saturated heterocycles. The molecule has 1 aromatic heterocycles. The lowest BCUT2D eigenvalue weighted by Crippen LogP contribution is -2.31. The summed E-state index contributed by atoms with van der Waals surface area (Å²) >= 11 is 0. The van der Waals surface area contributed by atoms with E-state index >= 15 is 0 Å². The molecule has 3 aromatic rings. The first kappa shape index (κ1) is 20.7. The highest BCUT2D eigenvalue weighted by Crippen LogP contribution is 2.18. The van der Waals surface area contributed by atoms with Crippen LogP contribution in [0.25, 0.3) is 0 Å². The van der Waals surface area contributed by atoms with Crippen LogP contribution in [0.2, 0.25) is 0 Å². The first-order valence-corrected chi connectivity index (χ1v) is 10.1. The van der Waals surface area contributed by atoms with Gasteiger partial charge >= 0.3 is 0 Å². The van der Waals surface area contributed by atoms with Crippen molar-refractivity contribution < 1.29 is 9.53 Å². The molecule has 0 N–H and O–H groups in total. The second-order valence-corrected chi connectivity index (χ2v) is 7.81. The number of hydrogen-bond donors (Lipinski definition) is 0. The van der Waals surface area contributed by atoms with Gasteiger partial charge in [-0.1, -0.05) is 56.3 Å². The van der Waals surface area contributed by atoms with Crippen LogP contribution in [-0.4, -0.2) is 22.5 Å². The average molecular weight is 391 g/mol. The highest BCUT2D eigenvalue weighted by molar-refractivity contribution is 5.76. The lowest BCUT2D eigenvalue weighted by atomic mass is 10.1. The summed E-state index contributed by atoms with van der Waals surface area (Å²) in [6.07, 6.45) is 2.63. The number of hydrogen-bond acceptors (Lipinski definition) is 2. The maximum absolute atomic E-state index is 12.9. The molecule has 29 heavy (non-hydrogen) atoms. The largest absolute Gasteiger partial charge is 0.497 e. The minimum Gasteiger partial charge on any atom is -0.497 e. The van der Waals surface area contributed by atoms with Gasteiger partial charge in [0.15, 0.2) is 0 Å². The normalized spacial score (nSPS) is 10.9. The summed E-state index contributed by atoms with van der Waals surface area (Å²) in [6, 6.07) is 22.4. The summed E-state index contributed by atoms with van der Waals surface area (Å²) in [7, 11) is 1.68. The molecule has 1 heterocycles. The number of benzene rings is 2. The topological polar surface area (TPSA) is 34.5 Å². The molecule has 3 rings (SSSR count). The van der Waals surface area contributed by atoms with Crippen molar-refractivity contribution in [3.05, 3.63) is 89.7 Å². The van der Waals surface area contributed by atoms with Gasteiger partial charge in [0.2, 0.25) is 5.91 Å². The number of ether oxygens (including phenoxy) is 1. The number of amides is 1. The van der Waals surface area contributed by atoms with Crippen molar-refractivity contribution in [3.8, 4) is 5.75 Å². The summed E-state index contributed by atoms with van der Waals surface area (Å²) < 4.78 is 7.55. The van der Waals surface area contributed by atoms with Gasteiger partial charge < -0.3 is 14.2 Å². The van der Waals surface area contributed by atoms with Gasteiger partial charge in [0.25, 0.3) is 0 Å². The average Bonchev–Trinajstić information content (AvgIpc) is 3.14. The Morgan fingerprint density at radius 3 is 2.45 bits per heavy atom. The summed E-state index contributed by atoms with van der Waals surface area (Å²) in [6.45, 7) is 6.14. The Bertz CT molecular complexity index is 915. The molecule has 152 valence electrons. The molecule has 2 aromatic carbocycles. The second-order valence-electron chi connectivity index (χ2n) is 7.81. The predicted octanol–water partition coefficient (Wildman–Crippen LogP) is 5.12. The Balaban J connectivity index is 1.78. The summed E-state index contributed by atoms with van der Waals surface area (Å²) in [5.41, 5.74) is 3.45. The van der Waals surface area contributed by atoms with E-state index in [1.165, 1.54) is 5.56 Å². The monoisotopic (exact) mass is 390 g/mol. The van der Waals surface area contributed by atoms with Gasteiger partial charge in [-0.15, -0.1) is 0 Å². The maximum atomic E-state index is 12.9. The van der Waals surface area contributed by atoms with Crippen LogP contribution in [0.1, 0.15) is 37.1 Å². The first-order chi connectivity index (χ1) is 14.0. The number of aromatic nitrogens is 1. The van der Waals surface area contributed by atoms with Crippen molar-refractivity contribution in [2.24, 2.45) is 5.92 Å². The first-order valence-electron chi connectivity index (χ1n) is 10.1. The molecule has 0 radical (unpaired) electrons. The van der Waals surface area contributed by atoms with E-state index in [1.807, 2.05) is 41.3 Å². The van der Waals surface area contributed by atoms with Gasteiger partial charge in [0, 0.05) is 31.4 Å². The van der Waals surface area contributed by atoms with Crippen molar-refractivity contribution in [2.45, 2.75) is 39.9 Å². The molecule has 0 spiro atoms. The van der Waals surface area contributed by atoms with Crippen molar-refractivity contribution >= 4 is 5.91 Å². The number of carbonyl (C=O) groups is 1. The van der Waals surface area contributed by atoms with Crippen LogP contribution in [0.15, 0.2) is 72.9 Å². The highest BCUT2D eigenvalue weighted by Gasteiger charge is 2.17. The third kappa shape index (κ3) is 5.98. The van der Waals surface area contributed by atoms with Crippen molar-refractivity contribution in [2.75, 3.05) is 7.11 Å². The SMILES string of the molecule is COc1cccc(Cn2cccc2CN(Cc2ccccc2)C(=O)CC(C)C)c1. The highest BCUT2D eigenvalue weighted by atomic mass is 16.5. The van der Waals surface area contributed by atoms with E-state index in [-0.39, 0.29) is 5.91 Å². The summed E-state index contributed by atoms with van der Waals surface area (Å²) in [5, 5.41) is 0. The molecular formula is C25H30N2O2. The minimum absolute atomic E-state index is 0.193. The van der Waals surface area contributed by atoms with E-state index in [4.69, 9.17) is 4.74 Å². The smallest absolute Gasteiger partial charge is 0.223 e. The Hall–Kier alpha value is -3.01. The Kier molecular flexibility index (Phi) is 7.12. The van der Waals surface area contributed by atoms with E-state index in [0.717, 1.165) is 23.6 Å². The zero-order chi connectivity index (χ0) is 20.6. The molecule has 0 fully saturated rings. The van der Waals surface area contributed by atoms with E-state index in [2.05, 4.69) is 54.9 Å². The zero-order valence-corrected chi connectivity index (χ0v) is 17.5. The van der Waals surface area contributed by atoms with E-state index in [9.17, 15) is 4.79 Å². The van der Waals surface area contributed by atoms with Gasteiger partial charge in [-0.2, -0.15) is 0 Å². The van der Waals surface area contributed by atoms with Gasteiger partial charge in [-0.05, 0) is 41.3 Å². The maximum Gasteiger partial charge on any atom is 0.223 e. The van der Waals surface area contributed by atoms with Crippen LogP contribution < -0.4 is 4.74 Å². The molecular weight excluding hydrogens is 360 g/mol. The van der Waals surface area contributed by atoms with Crippen molar-refractivity contribution in [1.82, 2.24) is 9.47 Å². The number of nitrogens with zero attached hydrogens (tertiary/aromatic N) is 2. The summed E-state index contributed by atoms with van der Waals surface area (Å²) in [4.78, 5) is 14.9. The molecule has 4 heteroatoms. The lowest BCUT2D eigenvalue weighted by molar-refractivity contribution is -0.133. The van der Waals surface area contributed by atoms with Crippen LogP contribution in [0.5, 0.6) is 5.75 Å². The van der Waals surface area contributed by atoms with Gasteiger partial charge in [-0.3, -0.25) is 4.79 Å². The molecule has 1 amide bonds. The molecule has 0 saturated carbocycles. The van der Waals surface area contributed by atoms with Gasteiger partial charge in [0.05, 0.1) is 13.7 Å². The second kappa shape index (κ2) is 9.97. The fraction of sp³-hybridized carbons (Fsp3) is 0.320. The van der Waals surface area contributed by atoms with E-state index in [1.54, 1.807) is 7.11 Å². The van der Waals surface area contributed by atoms with Crippen LogP contribution >= 0.6 is 0 Å².